The van der Waals surface area contributed by atoms with Gasteiger partial charge in [-0.3, -0.25) is 0 Å². The first-order valence-corrected chi connectivity index (χ1v) is 11.3. The van der Waals surface area contributed by atoms with Crippen molar-refractivity contribution in [1.29, 1.82) is 0 Å². The van der Waals surface area contributed by atoms with Crippen LogP contribution in [0.15, 0.2) is 84.2 Å². The third-order valence-electron chi connectivity index (χ3n) is 5.30. The monoisotopic (exact) mass is 433 g/mol. The number of carbonyl (C=O) groups excluding carboxylic acids is 2. The summed E-state index contributed by atoms with van der Waals surface area (Å²) >= 11 is 0. The second kappa shape index (κ2) is 11.9. The second-order valence-corrected chi connectivity index (χ2v) is 7.73. The van der Waals surface area contributed by atoms with Gasteiger partial charge in [0.2, 0.25) is 0 Å². The molecular weight excluding hydrogens is 402 g/mol. The Morgan fingerprint density at radius 3 is 1.69 bits per heavy atom. The molecule has 2 aromatic rings. The minimum Gasteiger partial charge on any atom is -0.462 e. The number of esters is 2. The van der Waals surface area contributed by atoms with Crippen LogP contribution in [0, 0.1) is 0 Å². The van der Waals surface area contributed by atoms with E-state index < -0.39 is 17.9 Å². The van der Waals surface area contributed by atoms with Gasteiger partial charge in [-0.15, -0.1) is 0 Å². The molecule has 0 spiro atoms. The van der Waals surface area contributed by atoms with Crippen LogP contribution < -0.4 is 4.90 Å². The van der Waals surface area contributed by atoms with Crippen molar-refractivity contribution in [1.82, 2.24) is 0 Å². The van der Waals surface area contributed by atoms with Gasteiger partial charge in [-0.1, -0.05) is 75.2 Å². The summed E-state index contributed by atoms with van der Waals surface area (Å²) in [6, 6.07) is 19.2. The molecule has 0 saturated carbocycles. The average Bonchev–Trinajstić information content (AvgIpc) is 2.84. The molecule has 5 heteroatoms. The minimum absolute atomic E-state index is 0.347. The van der Waals surface area contributed by atoms with Crippen molar-refractivity contribution >= 4 is 17.6 Å². The molecule has 0 unspecified atom stereocenters. The Hall–Kier alpha value is -3.34. The summed E-state index contributed by atoms with van der Waals surface area (Å²) < 4.78 is 11.1. The molecule has 1 heterocycles. The lowest BCUT2D eigenvalue weighted by Crippen LogP contribution is -2.29. The van der Waals surface area contributed by atoms with Crippen LogP contribution in [-0.2, 0) is 19.1 Å². The van der Waals surface area contributed by atoms with Crippen LogP contribution >= 0.6 is 0 Å². The van der Waals surface area contributed by atoms with Gasteiger partial charge in [0.15, 0.2) is 0 Å². The highest BCUT2D eigenvalue weighted by atomic mass is 16.5. The first kappa shape index (κ1) is 23.3. The highest BCUT2D eigenvalue weighted by Gasteiger charge is 2.35. The van der Waals surface area contributed by atoms with Crippen molar-refractivity contribution in [2.45, 2.75) is 45.4 Å². The molecule has 5 nitrogen and oxygen atoms in total. The van der Waals surface area contributed by atoms with Crippen LogP contribution in [-0.4, -0.2) is 25.2 Å². The standard InChI is InChI=1S/C27H31NO4/c1-3-5-17-31-26(29)23-19-28(22-15-11-8-12-16-22)20-24(27(30)32-18-6-4-2)25(23)21-13-9-7-10-14-21/h7-16,19-20,25H,3-6,17-18H2,1-2H3. The zero-order valence-corrected chi connectivity index (χ0v) is 18.8. The van der Waals surface area contributed by atoms with Crippen LogP contribution in [0.1, 0.15) is 51.0 Å². The van der Waals surface area contributed by atoms with Crippen molar-refractivity contribution in [3.8, 4) is 0 Å². The third-order valence-corrected chi connectivity index (χ3v) is 5.30. The van der Waals surface area contributed by atoms with E-state index in [1.54, 1.807) is 17.3 Å². The van der Waals surface area contributed by atoms with E-state index in [1.165, 1.54) is 0 Å². The first-order chi connectivity index (χ1) is 15.7. The van der Waals surface area contributed by atoms with Crippen LogP contribution in [0.3, 0.4) is 0 Å². The van der Waals surface area contributed by atoms with Crippen molar-refractivity contribution < 1.29 is 19.1 Å². The first-order valence-electron chi connectivity index (χ1n) is 11.3. The molecule has 0 bridgehead atoms. The number of anilines is 1. The smallest absolute Gasteiger partial charge is 0.336 e. The summed E-state index contributed by atoms with van der Waals surface area (Å²) in [5.41, 5.74) is 2.52. The molecule has 1 aliphatic heterocycles. The Kier molecular flexibility index (Phi) is 8.67. The molecular formula is C27H31NO4. The van der Waals surface area contributed by atoms with Crippen LogP contribution in [0.25, 0.3) is 0 Å². The molecule has 1 aliphatic rings. The van der Waals surface area contributed by atoms with Crippen LogP contribution in [0.2, 0.25) is 0 Å². The molecule has 0 fully saturated rings. The highest BCUT2D eigenvalue weighted by molar-refractivity contribution is 6.00. The van der Waals surface area contributed by atoms with Gasteiger partial charge in [-0.05, 0) is 30.5 Å². The normalized spacial score (nSPS) is 13.9. The van der Waals surface area contributed by atoms with E-state index in [1.807, 2.05) is 74.5 Å². The summed E-state index contributed by atoms with van der Waals surface area (Å²) in [5.74, 6) is -1.39. The number of benzene rings is 2. The number of unbranched alkanes of at least 4 members (excludes halogenated alkanes) is 2. The largest absolute Gasteiger partial charge is 0.462 e. The topological polar surface area (TPSA) is 55.8 Å². The fourth-order valence-corrected chi connectivity index (χ4v) is 3.53. The summed E-state index contributed by atoms with van der Waals surface area (Å²) in [6.45, 7) is 4.79. The van der Waals surface area contributed by atoms with E-state index in [0.717, 1.165) is 36.9 Å². The van der Waals surface area contributed by atoms with E-state index >= 15 is 0 Å². The summed E-state index contributed by atoms with van der Waals surface area (Å²) in [4.78, 5) is 28.1. The Bertz CT molecular complexity index is 910. The predicted molar refractivity (Wildman–Crippen MR) is 126 cm³/mol. The van der Waals surface area contributed by atoms with Crippen molar-refractivity contribution in [2.75, 3.05) is 18.1 Å². The van der Waals surface area contributed by atoms with Gasteiger partial charge in [-0.2, -0.15) is 0 Å². The van der Waals surface area contributed by atoms with E-state index in [9.17, 15) is 9.59 Å². The zero-order chi connectivity index (χ0) is 22.8. The maximum Gasteiger partial charge on any atom is 0.336 e. The lowest BCUT2D eigenvalue weighted by molar-refractivity contribution is -0.140. The van der Waals surface area contributed by atoms with Gasteiger partial charge in [-0.25, -0.2) is 9.59 Å². The van der Waals surface area contributed by atoms with E-state index in [4.69, 9.17) is 9.47 Å². The minimum atomic E-state index is -0.556. The van der Waals surface area contributed by atoms with E-state index in [2.05, 4.69) is 0 Å². The fourth-order valence-electron chi connectivity index (χ4n) is 3.53. The molecule has 168 valence electrons. The summed E-state index contributed by atoms with van der Waals surface area (Å²) in [7, 11) is 0. The Balaban J connectivity index is 2.04. The molecule has 0 N–H and O–H groups in total. The van der Waals surface area contributed by atoms with Crippen molar-refractivity contribution in [3.05, 3.63) is 89.8 Å². The maximum absolute atomic E-state index is 13.2. The summed E-state index contributed by atoms with van der Waals surface area (Å²) in [5, 5.41) is 0. The average molecular weight is 434 g/mol. The Labute approximate surface area is 190 Å². The number of nitrogens with zero attached hydrogens (tertiary/aromatic N) is 1. The molecule has 0 aliphatic carbocycles. The number of hydrogen-bond donors (Lipinski definition) is 0. The molecule has 32 heavy (non-hydrogen) atoms. The molecule has 0 radical (unpaired) electrons. The highest BCUT2D eigenvalue weighted by Crippen LogP contribution is 2.38. The van der Waals surface area contributed by atoms with E-state index in [-0.39, 0.29) is 0 Å². The third kappa shape index (κ3) is 5.88. The fraction of sp³-hybridized carbons (Fsp3) is 0.333. The van der Waals surface area contributed by atoms with Gasteiger partial charge in [0, 0.05) is 18.1 Å². The molecule has 0 saturated heterocycles. The number of hydrogen-bond acceptors (Lipinski definition) is 5. The number of para-hydroxylation sites is 1. The number of ether oxygens (including phenoxy) is 2. The van der Waals surface area contributed by atoms with Gasteiger partial charge in [0.25, 0.3) is 0 Å². The lowest BCUT2D eigenvalue weighted by atomic mass is 9.83. The lowest BCUT2D eigenvalue weighted by Gasteiger charge is -2.30. The molecule has 2 aromatic carbocycles. The van der Waals surface area contributed by atoms with Crippen molar-refractivity contribution in [3.63, 3.8) is 0 Å². The quantitative estimate of drug-likeness (QED) is 0.353. The van der Waals surface area contributed by atoms with Gasteiger partial charge < -0.3 is 14.4 Å². The maximum atomic E-state index is 13.2. The molecule has 0 aromatic heterocycles. The second-order valence-electron chi connectivity index (χ2n) is 7.73. The van der Waals surface area contributed by atoms with Crippen LogP contribution in [0.5, 0.6) is 0 Å². The van der Waals surface area contributed by atoms with Gasteiger partial charge in [0.1, 0.15) is 0 Å². The zero-order valence-electron chi connectivity index (χ0n) is 18.8. The Morgan fingerprint density at radius 1 is 0.750 bits per heavy atom. The predicted octanol–water partition coefficient (Wildman–Crippen LogP) is 5.74. The SMILES string of the molecule is CCCCOC(=O)C1=CN(c2ccccc2)C=C(C(=O)OCCCC)C1c1ccccc1. The number of carbonyl (C=O) groups is 2. The Morgan fingerprint density at radius 2 is 1.22 bits per heavy atom. The van der Waals surface area contributed by atoms with Gasteiger partial charge >= 0.3 is 11.9 Å². The molecule has 0 amide bonds. The van der Waals surface area contributed by atoms with Crippen molar-refractivity contribution in [2.24, 2.45) is 0 Å². The number of rotatable bonds is 10. The van der Waals surface area contributed by atoms with Gasteiger partial charge in [0.05, 0.1) is 30.3 Å². The molecule has 3 rings (SSSR count). The molecule has 0 atom stereocenters. The van der Waals surface area contributed by atoms with Crippen LogP contribution in [0.4, 0.5) is 5.69 Å². The summed E-state index contributed by atoms with van der Waals surface area (Å²) in [6.07, 6.45) is 6.98. The van der Waals surface area contributed by atoms with E-state index in [0.29, 0.717) is 24.4 Å².